The molecule has 6 aromatic carbocycles. The van der Waals surface area contributed by atoms with E-state index in [1.54, 1.807) is 21.3 Å². The fourth-order valence-electron chi connectivity index (χ4n) is 3.71. The summed E-state index contributed by atoms with van der Waals surface area (Å²) < 4.78 is 79.0. The van der Waals surface area contributed by atoms with Crippen LogP contribution in [0.5, 0.6) is 17.2 Å². The zero-order valence-corrected chi connectivity index (χ0v) is 39.5. The normalized spacial score (nSPS) is 10.2. The Kier molecular flexibility index (Phi) is 29.9. The molecule has 0 aromatic heterocycles. The molecule has 0 spiro atoms. The SMILES string of the molecule is COc1ccc([I+]c2ccccc2)cc1.COc1ccc([I+]c2ccccc2)cc1.COc1ccc([I+]c2ccccc2)cc1.O=[P+]([O-])F.O=[P+]([O-])F.O=[P+]([O-])F. The molecule has 0 aliphatic heterocycles. The highest BCUT2D eigenvalue weighted by atomic mass is 127. The maximum Gasteiger partial charge on any atom is 0.540 e. The second-order valence-electron chi connectivity index (χ2n) is 9.78. The molecule has 18 heteroatoms. The van der Waals surface area contributed by atoms with Gasteiger partial charge in [-0.05, 0) is 123 Å². The Morgan fingerprint density at radius 2 is 0.509 bits per heavy atom. The number of benzene rings is 6. The van der Waals surface area contributed by atoms with Crippen LogP contribution in [0.15, 0.2) is 164 Å². The molecule has 9 nitrogen and oxygen atoms in total. The van der Waals surface area contributed by atoms with Gasteiger partial charge in [-0.2, -0.15) is 0 Å². The van der Waals surface area contributed by atoms with Crippen molar-refractivity contribution in [3.63, 3.8) is 0 Å². The lowest BCUT2D eigenvalue weighted by Gasteiger charge is -1.95. The van der Waals surface area contributed by atoms with Gasteiger partial charge < -0.3 is 28.9 Å². The van der Waals surface area contributed by atoms with Crippen LogP contribution >= 0.6 is 25.0 Å². The van der Waals surface area contributed by atoms with E-state index in [9.17, 15) is 12.6 Å². The van der Waals surface area contributed by atoms with Crippen molar-refractivity contribution >= 4 is 25.0 Å². The minimum Gasteiger partial charge on any atom is -0.562 e. The Bertz CT molecular complexity index is 1730. The fourth-order valence-corrected chi connectivity index (χ4v) is 10.4. The molecule has 3 atom stereocenters. The molecule has 3 unspecified atom stereocenters. The highest BCUT2D eigenvalue weighted by molar-refractivity contribution is 7.30. The number of rotatable bonds is 9. The van der Waals surface area contributed by atoms with Crippen molar-refractivity contribution < 1.29 is 119 Å². The summed E-state index contributed by atoms with van der Waals surface area (Å²) in [5.74, 6) is 2.78. The van der Waals surface area contributed by atoms with E-state index in [0.717, 1.165) is 17.2 Å². The molecule has 0 saturated carbocycles. The summed E-state index contributed by atoms with van der Waals surface area (Å²) in [4.78, 5) is 25.1. The smallest absolute Gasteiger partial charge is 0.540 e. The molecule has 0 fully saturated rings. The second-order valence-corrected chi connectivity index (χ2v) is 20.1. The van der Waals surface area contributed by atoms with Crippen LogP contribution in [-0.4, -0.2) is 21.3 Å². The van der Waals surface area contributed by atoms with Gasteiger partial charge in [0, 0.05) is 0 Å². The van der Waals surface area contributed by atoms with Crippen molar-refractivity contribution in [2.75, 3.05) is 21.3 Å². The molecule has 300 valence electrons. The predicted molar refractivity (Wildman–Crippen MR) is 197 cm³/mol. The first-order chi connectivity index (χ1) is 27.3. The second kappa shape index (κ2) is 32.8. The maximum absolute atomic E-state index is 9.95. The van der Waals surface area contributed by atoms with Crippen molar-refractivity contribution in [3.05, 3.63) is 185 Å². The predicted octanol–water partition coefficient (Wildman–Crippen LogP) is -0.608. The lowest BCUT2D eigenvalue weighted by molar-refractivity contribution is -0.597. The summed E-state index contributed by atoms with van der Waals surface area (Å²) in [6, 6.07) is 57.0. The molecule has 57 heavy (non-hydrogen) atoms. The summed E-state index contributed by atoms with van der Waals surface area (Å²) in [7, 11) is -5.77. The summed E-state index contributed by atoms with van der Waals surface area (Å²) in [5.41, 5.74) is 0. The van der Waals surface area contributed by atoms with E-state index in [4.69, 9.17) is 42.6 Å². The number of hydrogen-bond acceptors (Lipinski definition) is 9. The van der Waals surface area contributed by atoms with Crippen LogP contribution in [0.3, 0.4) is 0 Å². The first-order valence-corrected chi connectivity index (χ1v) is 25.4. The average Bonchev–Trinajstić information content (AvgIpc) is 3.20. The van der Waals surface area contributed by atoms with Gasteiger partial charge in [-0.25, -0.2) is 0 Å². The van der Waals surface area contributed by atoms with Gasteiger partial charge in [0.15, 0.2) is 21.4 Å². The molecule has 6 aromatic rings. The molecule has 0 saturated heterocycles. The molecule has 0 heterocycles. The van der Waals surface area contributed by atoms with Crippen molar-refractivity contribution in [1.82, 2.24) is 0 Å². The minimum absolute atomic E-state index is 0.0449. The zero-order chi connectivity index (χ0) is 42.3. The number of halogens is 6. The molecule has 0 radical (unpaired) electrons. The highest BCUT2D eigenvalue weighted by Gasteiger charge is 2.16. The van der Waals surface area contributed by atoms with Crippen molar-refractivity contribution in [2.24, 2.45) is 0 Å². The molecule has 0 bridgehead atoms. The zero-order valence-electron chi connectivity index (χ0n) is 30.4. The van der Waals surface area contributed by atoms with E-state index in [1.165, 1.54) is 21.4 Å². The Labute approximate surface area is 364 Å². The molecule has 0 aliphatic carbocycles. The Balaban J connectivity index is 0.000000374. The minimum atomic E-state index is -3.62. The fraction of sp³-hybridized carbons (Fsp3) is 0.0769. The first-order valence-electron chi connectivity index (χ1n) is 15.8. The molecule has 0 aliphatic rings. The standard InChI is InChI=1S/3C13H12IO.3FO2P/c3*1-15-13-9-7-12(8-10-13)14-11-5-3-2-4-6-11;3*1-4(2)3/h3*2-10H,1H3;;;/q3*+1;;;. The Morgan fingerprint density at radius 3 is 0.667 bits per heavy atom. The van der Waals surface area contributed by atoms with E-state index < -0.39 is 25.0 Å². The van der Waals surface area contributed by atoms with Gasteiger partial charge in [0.1, 0.15) is 17.2 Å². The van der Waals surface area contributed by atoms with Crippen LogP contribution in [0.1, 0.15) is 0 Å². The maximum atomic E-state index is 9.95. The van der Waals surface area contributed by atoms with Gasteiger partial charge in [0.2, 0.25) is 0 Å². The summed E-state index contributed by atoms with van der Waals surface area (Å²) in [6.45, 7) is 0. The number of ether oxygens (including phenoxy) is 3. The number of methoxy groups -OCH3 is 3. The molecule has 0 N–H and O–H groups in total. The van der Waals surface area contributed by atoms with Gasteiger partial charge in [0.05, 0.1) is 33.9 Å². The third kappa shape index (κ3) is 28.9. The third-order valence-corrected chi connectivity index (χ3v) is 14.1. The lowest BCUT2D eigenvalue weighted by atomic mass is 10.3. The van der Waals surface area contributed by atoms with Crippen LogP contribution in [-0.2, 0) is 13.7 Å². The monoisotopic (exact) mass is 1180 g/mol. The third-order valence-electron chi connectivity index (χ3n) is 6.00. The Hall–Kier alpha value is -3.12. The largest absolute Gasteiger partial charge is 0.562 e. The van der Waals surface area contributed by atoms with E-state index in [2.05, 4.69) is 127 Å². The van der Waals surface area contributed by atoms with E-state index >= 15 is 0 Å². The average molecular weight is 1180 g/mol. The molecular formula is C39H36F3I3O9P3+3. The van der Waals surface area contributed by atoms with Gasteiger partial charge in [0.25, 0.3) is 0 Å². The first kappa shape index (κ1) is 51.9. The molecule has 6 rings (SSSR count). The van der Waals surface area contributed by atoms with Crippen LogP contribution in [0.4, 0.5) is 12.6 Å². The Morgan fingerprint density at radius 1 is 0.351 bits per heavy atom. The van der Waals surface area contributed by atoms with Gasteiger partial charge in [-0.1, -0.05) is 54.6 Å². The van der Waals surface area contributed by atoms with E-state index in [0.29, 0.717) is 0 Å². The van der Waals surface area contributed by atoms with Crippen molar-refractivity contribution in [1.29, 1.82) is 0 Å². The highest BCUT2D eigenvalue weighted by Crippen LogP contribution is 2.08. The lowest BCUT2D eigenvalue weighted by Crippen LogP contribution is -3.61. The summed E-state index contributed by atoms with van der Waals surface area (Å²) in [6.07, 6.45) is 0. The van der Waals surface area contributed by atoms with Crippen LogP contribution in [0, 0.1) is 21.4 Å². The van der Waals surface area contributed by atoms with Crippen molar-refractivity contribution in [3.8, 4) is 17.2 Å². The van der Waals surface area contributed by atoms with Gasteiger partial charge in [-0.3, -0.25) is 0 Å². The van der Waals surface area contributed by atoms with Crippen LogP contribution in [0.25, 0.3) is 0 Å². The van der Waals surface area contributed by atoms with Crippen molar-refractivity contribution in [2.45, 2.75) is 0 Å². The van der Waals surface area contributed by atoms with Crippen LogP contribution < -0.4 is 92.5 Å². The van der Waals surface area contributed by atoms with Gasteiger partial charge >= 0.3 is 88.6 Å². The molecule has 0 amide bonds. The number of hydrogen-bond donors (Lipinski definition) is 0. The quantitative estimate of drug-likeness (QED) is 0.137. The van der Waals surface area contributed by atoms with E-state index in [-0.39, 0.29) is 63.6 Å². The van der Waals surface area contributed by atoms with Gasteiger partial charge in [-0.15, -0.1) is 0 Å². The van der Waals surface area contributed by atoms with E-state index in [1.807, 2.05) is 36.4 Å². The van der Waals surface area contributed by atoms with Crippen LogP contribution in [0.2, 0.25) is 0 Å². The molecular weight excluding hydrogens is 1140 g/mol. The summed E-state index contributed by atoms with van der Waals surface area (Å²) >= 11 is -0.135. The topological polar surface area (TPSA) is 148 Å². The summed E-state index contributed by atoms with van der Waals surface area (Å²) in [5, 5.41) is 0.